The van der Waals surface area contributed by atoms with Crippen LogP contribution in [0.5, 0.6) is 0 Å². The highest BCUT2D eigenvalue weighted by atomic mass is 16.3. The molecular formula is C15H21NO2. The molecule has 0 saturated carbocycles. The summed E-state index contributed by atoms with van der Waals surface area (Å²) in [6.45, 7) is 5.26. The van der Waals surface area contributed by atoms with Gasteiger partial charge in [0.1, 0.15) is 11.5 Å². The molecule has 0 fully saturated rings. The van der Waals surface area contributed by atoms with Gasteiger partial charge in [0.25, 0.3) is 0 Å². The Kier molecular flexibility index (Phi) is 4.65. The predicted octanol–water partition coefficient (Wildman–Crippen LogP) is 3.72. The Morgan fingerprint density at radius 3 is 2.72 bits per heavy atom. The van der Waals surface area contributed by atoms with Gasteiger partial charge in [0, 0.05) is 6.42 Å². The molecule has 0 aromatic carbocycles. The zero-order valence-corrected chi connectivity index (χ0v) is 11.1. The minimum Gasteiger partial charge on any atom is -0.472 e. The van der Waals surface area contributed by atoms with Crippen LogP contribution in [-0.2, 0) is 12.8 Å². The van der Waals surface area contributed by atoms with Gasteiger partial charge in [-0.25, -0.2) is 0 Å². The molecular weight excluding hydrogens is 226 g/mol. The van der Waals surface area contributed by atoms with E-state index in [-0.39, 0.29) is 6.04 Å². The first-order chi connectivity index (χ1) is 8.83. The van der Waals surface area contributed by atoms with Crippen LogP contribution >= 0.6 is 0 Å². The highest BCUT2D eigenvalue weighted by Crippen LogP contribution is 2.21. The van der Waals surface area contributed by atoms with Gasteiger partial charge in [-0.15, -0.1) is 0 Å². The lowest BCUT2D eigenvalue weighted by atomic mass is 10.1. The van der Waals surface area contributed by atoms with Gasteiger partial charge in [-0.1, -0.05) is 13.8 Å². The SMILES string of the molecule is CCCNC(Cc1ccoc1)c1ccc(CC)o1. The fourth-order valence-corrected chi connectivity index (χ4v) is 2.01. The van der Waals surface area contributed by atoms with Crippen molar-refractivity contribution in [3.8, 4) is 0 Å². The maximum atomic E-state index is 5.85. The molecule has 18 heavy (non-hydrogen) atoms. The number of rotatable bonds is 7. The zero-order chi connectivity index (χ0) is 12.8. The van der Waals surface area contributed by atoms with Gasteiger partial charge in [-0.2, -0.15) is 0 Å². The maximum Gasteiger partial charge on any atom is 0.121 e. The summed E-state index contributed by atoms with van der Waals surface area (Å²) in [5, 5.41) is 3.53. The largest absolute Gasteiger partial charge is 0.472 e. The Morgan fingerprint density at radius 1 is 1.22 bits per heavy atom. The van der Waals surface area contributed by atoms with E-state index in [1.54, 1.807) is 12.5 Å². The molecule has 2 aromatic heterocycles. The lowest BCUT2D eigenvalue weighted by molar-refractivity contribution is 0.391. The van der Waals surface area contributed by atoms with Gasteiger partial charge < -0.3 is 14.2 Å². The summed E-state index contributed by atoms with van der Waals surface area (Å²) in [5.41, 5.74) is 1.19. The van der Waals surface area contributed by atoms with Crippen molar-refractivity contribution in [2.75, 3.05) is 6.54 Å². The fraction of sp³-hybridized carbons (Fsp3) is 0.467. The van der Waals surface area contributed by atoms with Gasteiger partial charge >= 0.3 is 0 Å². The molecule has 1 atom stereocenters. The van der Waals surface area contributed by atoms with Crippen molar-refractivity contribution in [3.05, 3.63) is 47.8 Å². The van der Waals surface area contributed by atoms with Crippen LogP contribution in [0.15, 0.2) is 39.6 Å². The van der Waals surface area contributed by atoms with E-state index in [1.807, 2.05) is 6.07 Å². The van der Waals surface area contributed by atoms with E-state index in [0.29, 0.717) is 0 Å². The molecule has 0 amide bonds. The lowest BCUT2D eigenvalue weighted by Gasteiger charge is -2.15. The quantitative estimate of drug-likeness (QED) is 0.810. The van der Waals surface area contributed by atoms with Gasteiger partial charge in [-0.3, -0.25) is 0 Å². The summed E-state index contributed by atoms with van der Waals surface area (Å²) in [7, 11) is 0. The van der Waals surface area contributed by atoms with Crippen molar-refractivity contribution < 1.29 is 8.83 Å². The number of hydrogen-bond donors (Lipinski definition) is 1. The van der Waals surface area contributed by atoms with Gasteiger partial charge in [0.2, 0.25) is 0 Å². The van der Waals surface area contributed by atoms with Gasteiger partial charge in [-0.05, 0) is 43.1 Å². The van der Waals surface area contributed by atoms with E-state index < -0.39 is 0 Å². The Balaban J connectivity index is 2.08. The molecule has 2 heterocycles. The monoisotopic (exact) mass is 247 g/mol. The molecule has 0 aliphatic heterocycles. The van der Waals surface area contributed by atoms with Crippen molar-refractivity contribution in [1.29, 1.82) is 0 Å². The standard InChI is InChI=1S/C15H21NO2/c1-3-8-16-14(10-12-7-9-17-11-12)15-6-5-13(4-2)18-15/h5-7,9,11,14,16H,3-4,8,10H2,1-2H3. The third-order valence-corrected chi connectivity index (χ3v) is 3.04. The van der Waals surface area contributed by atoms with Crippen molar-refractivity contribution in [1.82, 2.24) is 5.32 Å². The Bertz CT molecular complexity index is 445. The summed E-state index contributed by atoms with van der Waals surface area (Å²) in [5.74, 6) is 2.06. The highest BCUT2D eigenvalue weighted by molar-refractivity contribution is 5.15. The van der Waals surface area contributed by atoms with Crippen LogP contribution in [0.2, 0.25) is 0 Å². The summed E-state index contributed by atoms with van der Waals surface area (Å²) < 4.78 is 11.0. The molecule has 1 N–H and O–H groups in total. The van der Waals surface area contributed by atoms with E-state index in [0.717, 1.165) is 37.3 Å². The summed E-state index contributed by atoms with van der Waals surface area (Å²) in [6.07, 6.45) is 6.46. The lowest BCUT2D eigenvalue weighted by Crippen LogP contribution is -2.23. The van der Waals surface area contributed by atoms with Gasteiger partial charge in [0.05, 0.1) is 18.6 Å². The first-order valence-corrected chi connectivity index (χ1v) is 6.66. The molecule has 0 bridgehead atoms. The van der Waals surface area contributed by atoms with Crippen molar-refractivity contribution in [3.63, 3.8) is 0 Å². The predicted molar refractivity (Wildman–Crippen MR) is 71.5 cm³/mol. The van der Waals surface area contributed by atoms with Gasteiger partial charge in [0.15, 0.2) is 0 Å². The topological polar surface area (TPSA) is 38.3 Å². The zero-order valence-electron chi connectivity index (χ0n) is 11.1. The Labute approximate surface area is 108 Å². The second-order valence-corrected chi connectivity index (χ2v) is 4.50. The average Bonchev–Trinajstić information content (AvgIpc) is 3.05. The average molecular weight is 247 g/mol. The minimum absolute atomic E-state index is 0.225. The van der Waals surface area contributed by atoms with Crippen molar-refractivity contribution in [2.45, 2.75) is 39.2 Å². The van der Waals surface area contributed by atoms with E-state index in [9.17, 15) is 0 Å². The number of nitrogens with one attached hydrogen (secondary N) is 1. The van der Waals surface area contributed by atoms with Crippen LogP contribution < -0.4 is 5.32 Å². The third-order valence-electron chi connectivity index (χ3n) is 3.04. The smallest absolute Gasteiger partial charge is 0.121 e. The van der Waals surface area contributed by atoms with Crippen molar-refractivity contribution >= 4 is 0 Å². The Hall–Kier alpha value is -1.48. The number of aryl methyl sites for hydroxylation is 1. The molecule has 2 rings (SSSR count). The molecule has 0 aliphatic rings. The molecule has 3 nitrogen and oxygen atoms in total. The molecule has 0 saturated heterocycles. The number of hydrogen-bond acceptors (Lipinski definition) is 3. The van der Waals surface area contributed by atoms with Crippen LogP contribution in [0.4, 0.5) is 0 Å². The third kappa shape index (κ3) is 3.26. The van der Waals surface area contributed by atoms with E-state index in [2.05, 4.69) is 31.3 Å². The molecule has 98 valence electrons. The molecule has 0 aliphatic carbocycles. The second kappa shape index (κ2) is 6.45. The first kappa shape index (κ1) is 13.0. The summed E-state index contributed by atoms with van der Waals surface area (Å²) in [4.78, 5) is 0. The summed E-state index contributed by atoms with van der Waals surface area (Å²) >= 11 is 0. The molecule has 2 aromatic rings. The number of furan rings is 2. The van der Waals surface area contributed by atoms with E-state index in [4.69, 9.17) is 8.83 Å². The maximum absolute atomic E-state index is 5.85. The molecule has 1 unspecified atom stereocenters. The minimum atomic E-state index is 0.225. The van der Waals surface area contributed by atoms with Crippen LogP contribution in [0.25, 0.3) is 0 Å². The molecule has 0 radical (unpaired) electrons. The van der Waals surface area contributed by atoms with Crippen molar-refractivity contribution in [2.24, 2.45) is 0 Å². The van der Waals surface area contributed by atoms with Crippen LogP contribution in [0.3, 0.4) is 0 Å². The van der Waals surface area contributed by atoms with Crippen LogP contribution in [0.1, 0.15) is 43.4 Å². The molecule has 3 heteroatoms. The highest BCUT2D eigenvalue weighted by Gasteiger charge is 2.15. The summed E-state index contributed by atoms with van der Waals surface area (Å²) in [6, 6.07) is 6.37. The fourth-order valence-electron chi connectivity index (χ4n) is 2.01. The molecule has 0 spiro atoms. The van der Waals surface area contributed by atoms with E-state index >= 15 is 0 Å². The van der Waals surface area contributed by atoms with E-state index in [1.165, 1.54) is 5.56 Å². The van der Waals surface area contributed by atoms with Crippen LogP contribution in [-0.4, -0.2) is 6.54 Å². The normalized spacial score (nSPS) is 12.8. The second-order valence-electron chi connectivity index (χ2n) is 4.50. The van der Waals surface area contributed by atoms with Crippen LogP contribution in [0, 0.1) is 0 Å². The first-order valence-electron chi connectivity index (χ1n) is 6.66. The Morgan fingerprint density at radius 2 is 2.11 bits per heavy atom.